The Hall–Kier alpha value is -2.41. The number of hydrogen-bond acceptors (Lipinski definition) is 4. The van der Waals surface area contributed by atoms with E-state index < -0.39 is 0 Å². The number of aromatic nitrogens is 2. The maximum atomic E-state index is 9.07. The van der Waals surface area contributed by atoms with Crippen LogP contribution in [0.5, 0.6) is 0 Å². The van der Waals surface area contributed by atoms with Crippen molar-refractivity contribution in [3.63, 3.8) is 0 Å². The SMILES string of the molecule is N#Cc1cncnc1N1CCc2ccccc21. The lowest BCUT2D eigenvalue weighted by atomic mass is 10.2. The van der Waals surface area contributed by atoms with E-state index in [0.29, 0.717) is 11.4 Å². The first-order chi connectivity index (χ1) is 8.40. The molecule has 0 atom stereocenters. The molecule has 0 saturated carbocycles. The fraction of sp³-hybridized carbons (Fsp3) is 0.154. The van der Waals surface area contributed by atoms with E-state index in [1.165, 1.54) is 11.9 Å². The van der Waals surface area contributed by atoms with Crippen LogP contribution in [0.4, 0.5) is 11.5 Å². The molecule has 3 rings (SSSR count). The number of anilines is 2. The minimum Gasteiger partial charge on any atom is -0.325 e. The van der Waals surface area contributed by atoms with E-state index in [9.17, 15) is 0 Å². The summed E-state index contributed by atoms with van der Waals surface area (Å²) in [6, 6.07) is 10.4. The Bertz CT molecular complexity index is 600. The third kappa shape index (κ3) is 1.53. The maximum Gasteiger partial charge on any atom is 0.154 e. The van der Waals surface area contributed by atoms with Crippen molar-refractivity contribution in [2.45, 2.75) is 6.42 Å². The van der Waals surface area contributed by atoms with Gasteiger partial charge in [0.15, 0.2) is 5.82 Å². The molecule has 0 saturated heterocycles. The van der Waals surface area contributed by atoms with Gasteiger partial charge < -0.3 is 4.90 Å². The van der Waals surface area contributed by atoms with Crippen LogP contribution in [0.15, 0.2) is 36.8 Å². The Labute approximate surface area is 99.2 Å². The second kappa shape index (κ2) is 3.87. The number of nitriles is 1. The van der Waals surface area contributed by atoms with Crippen molar-refractivity contribution in [1.29, 1.82) is 5.26 Å². The average Bonchev–Trinajstić information content (AvgIpc) is 2.82. The molecule has 2 aromatic rings. The van der Waals surface area contributed by atoms with Crippen molar-refractivity contribution < 1.29 is 0 Å². The molecule has 1 aliphatic rings. The van der Waals surface area contributed by atoms with Gasteiger partial charge in [-0.3, -0.25) is 0 Å². The second-order valence-electron chi connectivity index (χ2n) is 3.90. The van der Waals surface area contributed by atoms with Gasteiger partial charge in [0.05, 0.1) is 6.20 Å². The number of para-hydroxylation sites is 1. The van der Waals surface area contributed by atoms with Gasteiger partial charge in [0.25, 0.3) is 0 Å². The molecule has 1 aromatic carbocycles. The van der Waals surface area contributed by atoms with E-state index in [2.05, 4.69) is 33.1 Å². The van der Waals surface area contributed by atoms with Gasteiger partial charge in [0, 0.05) is 12.2 Å². The van der Waals surface area contributed by atoms with Crippen LogP contribution >= 0.6 is 0 Å². The van der Waals surface area contributed by atoms with E-state index in [4.69, 9.17) is 5.26 Å². The van der Waals surface area contributed by atoms with Gasteiger partial charge in [-0.15, -0.1) is 0 Å². The first-order valence-electron chi connectivity index (χ1n) is 5.45. The van der Waals surface area contributed by atoms with E-state index in [1.54, 1.807) is 6.20 Å². The standard InChI is InChI=1S/C13H10N4/c14-7-11-8-15-9-16-13(11)17-6-5-10-3-1-2-4-12(10)17/h1-4,8-9H,5-6H2. The van der Waals surface area contributed by atoms with Gasteiger partial charge in [-0.2, -0.15) is 5.26 Å². The first kappa shape index (κ1) is 9.79. The van der Waals surface area contributed by atoms with Crippen LogP contribution in [0, 0.1) is 11.3 Å². The fourth-order valence-electron chi connectivity index (χ4n) is 2.18. The quantitative estimate of drug-likeness (QED) is 0.741. The summed E-state index contributed by atoms with van der Waals surface area (Å²) in [6.07, 6.45) is 4.03. The maximum absolute atomic E-state index is 9.07. The third-order valence-corrected chi connectivity index (χ3v) is 2.95. The van der Waals surface area contributed by atoms with Crippen molar-refractivity contribution in [2.75, 3.05) is 11.4 Å². The Morgan fingerprint density at radius 3 is 3.06 bits per heavy atom. The molecule has 2 heterocycles. The Kier molecular flexibility index (Phi) is 2.23. The summed E-state index contributed by atoms with van der Waals surface area (Å²) in [4.78, 5) is 10.2. The van der Waals surface area contributed by atoms with Crippen LogP contribution < -0.4 is 4.90 Å². The third-order valence-electron chi connectivity index (χ3n) is 2.95. The lowest BCUT2D eigenvalue weighted by molar-refractivity contribution is 0.960. The van der Waals surface area contributed by atoms with Crippen LogP contribution in [0.2, 0.25) is 0 Å². The summed E-state index contributed by atoms with van der Waals surface area (Å²) in [5.41, 5.74) is 2.96. The number of benzene rings is 1. The molecule has 0 unspecified atom stereocenters. The number of nitrogens with zero attached hydrogens (tertiary/aromatic N) is 4. The van der Waals surface area contributed by atoms with Crippen molar-refractivity contribution in [3.8, 4) is 6.07 Å². The average molecular weight is 222 g/mol. The molecule has 0 spiro atoms. The monoisotopic (exact) mass is 222 g/mol. The molecule has 0 N–H and O–H groups in total. The lowest BCUT2D eigenvalue weighted by Crippen LogP contribution is -2.16. The van der Waals surface area contributed by atoms with E-state index in [-0.39, 0.29) is 0 Å². The highest BCUT2D eigenvalue weighted by molar-refractivity contribution is 5.70. The van der Waals surface area contributed by atoms with Gasteiger partial charge in [0.1, 0.15) is 18.0 Å². The Morgan fingerprint density at radius 2 is 2.18 bits per heavy atom. The Morgan fingerprint density at radius 1 is 1.29 bits per heavy atom. The van der Waals surface area contributed by atoms with Crippen LogP contribution in [0.3, 0.4) is 0 Å². The van der Waals surface area contributed by atoms with Gasteiger partial charge in [-0.1, -0.05) is 18.2 Å². The highest BCUT2D eigenvalue weighted by Crippen LogP contribution is 2.34. The summed E-state index contributed by atoms with van der Waals surface area (Å²) in [5.74, 6) is 0.701. The first-order valence-corrected chi connectivity index (χ1v) is 5.45. The molecule has 0 radical (unpaired) electrons. The predicted octanol–water partition coefficient (Wildman–Crippen LogP) is 2.04. The zero-order chi connectivity index (χ0) is 11.7. The smallest absolute Gasteiger partial charge is 0.154 e. The summed E-state index contributed by atoms with van der Waals surface area (Å²) in [6.45, 7) is 0.866. The minimum absolute atomic E-state index is 0.518. The molecular weight excluding hydrogens is 212 g/mol. The van der Waals surface area contributed by atoms with Gasteiger partial charge in [0.2, 0.25) is 0 Å². The predicted molar refractivity (Wildman–Crippen MR) is 63.9 cm³/mol. The highest BCUT2D eigenvalue weighted by Gasteiger charge is 2.22. The van der Waals surface area contributed by atoms with Crippen molar-refractivity contribution in [1.82, 2.24) is 9.97 Å². The largest absolute Gasteiger partial charge is 0.325 e. The molecule has 17 heavy (non-hydrogen) atoms. The van der Waals surface area contributed by atoms with E-state index in [1.807, 2.05) is 12.1 Å². The lowest BCUT2D eigenvalue weighted by Gasteiger charge is -2.18. The number of hydrogen-bond donors (Lipinski definition) is 0. The Balaban J connectivity index is 2.11. The minimum atomic E-state index is 0.518. The van der Waals surface area contributed by atoms with Crippen molar-refractivity contribution in [3.05, 3.63) is 47.9 Å². The molecule has 1 aliphatic heterocycles. The van der Waals surface area contributed by atoms with Crippen molar-refractivity contribution in [2.24, 2.45) is 0 Å². The topological polar surface area (TPSA) is 52.8 Å². The van der Waals surface area contributed by atoms with Crippen LogP contribution in [-0.4, -0.2) is 16.5 Å². The second-order valence-corrected chi connectivity index (χ2v) is 3.90. The molecule has 0 amide bonds. The van der Waals surface area contributed by atoms with Crippen molar-refractivity contribution >= 4 is 11.5 Å². The van der Waals surface area contributed by atoms with Gasteiger partial charge >= 0.3 is 0 Å². The molecule has 1 aromatic heterocycles. The molecular formula is C13H10N4. The van der Waals surface area contributed by atoms with Crippen LogP contribution in [0.1, 0.15) is 11.1 Å². The zero-order valence-corrected chi connectivity index (χ0v) is 9.17. The van der Waals surface area contributed by atoms with Crippen LogP contribution in [-0.2, 0) is 6.42 Å². The highest BCUT2D eigenvalue weighted by atomic mass is 15.2. The fourth-order valence-corrected chi connectivity index (χ4v) is 2.18. The van der Waals surface area contributed by atoms with Gasteiger partial charge in [-0.05, 0) is 18.1 Å². The number of rotatable bonds is 1. The van der Waals surface area contributed by atoms with E-state index in [0.717, 1.165) is 18.7 Å². The zero-order valence-electron chi connectivity index (χ0n) is 9.17. The molecule has 4 heteroatoms. The summed E-state index contributed by atoms with van der Waals surface area (Å²) < 4.78 is 0. The number of fused-ring (bicyclic) bond motifs is 1. The summed E-state index contributed by atoms with van der Waals surface area (Å²) >= 11 is 0. The molecule has 82 valence electrons. The van der Waals surface area contributed by atoms with Crippen LogP contribution in [0.25, 0.3) is 0 Å². The molecule has 4 nitrogen and oxygen atoms in total. The summed E-state index contributed by atoms with van der Waals surface area (Å²) in [5, 5.41) is 9.07. The summed E-state index contributed by atoms with van der Waals surface area (Å²) in [7, 11) is 0. The molecule has 0 fully saturated rings. The van der Waals surface area contributed by atoms with Gasteiger partial charge in [-0.25, -0.2) is 9.97 Å². The molecule has 0 bridgehead atoms. The van der Waals surface area contributed by atoms with E-state index >= 15 is 0 Å². The normalized spacial score (nSPS) is 13.2. The molecule has 0 aliphatic carbocycles.